The van der Waals surface area contributed by atoms with Crippen molar-refractivity contribution in [3.63, 3.8) is 0 Å². The van der Waals surface area contributed by atoms with Crippen molar-refractivity contribution in [2.45, 2.75) is 52.4 Å². The molecular weight excluding hydrogens is 607 g/mol. The lowest BCUT2D eigenvalue weighted by atomic mass is 9.98. The normalized spacial score (nSPS) is 10.8. The van der Waals surface area contributed by atoms with Gasteiger partial charge in [0, 0.05) is 16.7 Å². The molecule has 5 rings (SSSR count). The van der Waals surface area contributed by atoms with Gasteiger partial charge in [-0.25, -0.2) is 22.0 Å². The molecule has 0 spiro atoms. The zero-order valence-corrected chi connectivity index (χ0v) is 26.5. The molecule has 0 aromatic heterocycles. The van der Waals surface area contributed by atoms with Crippen molar-refractivity contribution in [3.8, 4) is 39.1 Å². The summed E-state index contributed by atoms with van der Waals surface area (Å²) in [6.45, 7) is 5.61. The van der Waals surface area contributed by atoms with E-state index in [2.05, 4.69) is 0 Å². The maximum absolute atomic E-state index is 14.9. The number of ether oxygens (including phenoxy) is 1. The van der Waals surface area contributed by atoms with Crippen LogP contribution in [0.1, 0.15) is 48.8 Å². The van der Waals surface area contributed by atoms with Crippen molar-refractivity contribution in [3.05, 3.63) is 137 Å². The second-order valence-corrected chi connectivity index (χ2v) is 11.4. The predicted molar refractivity (Wildman–Crippen MR) is 178 cm³/mol. The summed E-state index contributed by atoms with van der Waals surface area (Å²) in [4.78, 5) is 8.00. The Morgan fingerprint density at radius 1 is 0.511 bits per heavy atom. The van der Waals surface area contributed by atoms with Gasteiger partial charge in [-0.3, -0.25) is 0 Å². The molecule has 0 fully saturated rings. The summed E-state index contributed by atoms with van der Waals surface area (Å²) in [7, 11) is 0. The van der Waals surface area contributed by atoms with E-state index in [9.17, 15) is 22.0 Å². The quantitative estimate of drug-likeness (QED) is 0.0998. The summed E-state index contributed by atoms with van der Waals surface area (Å²) in [5, 5.41) is 0. The Morgan fingerprint density at radius 3 is 1.70 bits per heavy atom. The van der Waals surface area contributed by atoms with Crippen LogP contribution >= 0.6 is 0 Å². The summed E-state index contributed by atoms with van der Waals surface area (Å²) < 4.78 is 77.2. The molecule has 0 unspecified atom stereocenters. The first-order valence-electron chi connectivity index (χ1n) is 15.5. The molecule has 0 aliphatic heterocycles. The first-order valence-corrected chi connectivity index (χ1v) is 15.5. The average Bonchev–Trinajstić information content (AvgIpc) is 3.07. The molecule has 0 bridgehead atoms. The number of hydrogen-bond acceptors (Lipinski definition) is 2. The third-order valence-corrected chi connectivity index (χ3v) is 8.14. The van der Waals surface area contributed by atoms with Crippen LogP contribution in [0.5, 0.6) is 5.75 Å². The minimum Gasteiger partial charge on any atom is -0.494 e. The molecule has 7 heteroatoms. The summed E-state index contributed by atoms with van der Waals surface area (Å²) in [6.07, 6.45) is 5.76. The molecular formula is C40H37F5O2. The standard InChI is InChI=1S/C39H35F5O.CH2O/c1-25-9-11-30(22-35(25)40)33-17-10-27(20-38(33)43)8-6-4-3-5-7-19-45-32-15-12-28(13-16-32)29-14-18-34(39(44)21-29)31-23-36(41)26(2)37(42)24-31;1-2/h9-18,20-24H,3-8,19H2,1-2H3;1H2. The average molecular weight is 645 g/mol. The highest BCUT2D eigenvalue weighted by Crippen LogP contribution is 2.31. The van der Waals surface area contributed by atoms with E-state index in [0.29, 0.717) is 28.9 Å². The highest BCUT2D eigenvalue weighted by molar-refractivity contribution is 5.71. The topological polar surface area (TPSA) is 26.3 Å². The molecule has 0 heterocycles. The van der Waals surface area contributed by atoms with E-state index in [1.165, 1.54) is 25.1 Å². The van der Waals surface area contributed by atoms with Crippen molar-refractivity contribution < 1.29 is 31.5 Å². The minimum atomic E-state index is -0.709. The van der Waals surface area contributed by atoms with Crippen LogP contribution < -0.4 is 4.74 Å². The molecule has 2 nitrogen and oxygen atoms in total. The van der Waals surface area contributed by atoms with E-state index in [0.717, 1.165) is 67.5 Å². The zero-order valence-electron chi connectivity index (χ0n) is 26.5. The van der Waals surface area contributed by atoms with Crippen LogP contribution in [-0.4, -0.2) is 13.4 Å². The summed E-state index contributed by atoms with van der Waals surface area (Å²) in [6, 6.07) is 24.2. The summed E-state index contributed by atoms with van der Waals surface area (Å²) in [5.74, 6) is -1.93. The van der Waals surface area contributed by atoms with Gasteiger partial charge in [-0.2, -0.15) is 0 Å². The smallest absolute Gasteiger partial charge is 0.131 e. The van der Waals surface area contributed by atoms with Crippen LogP contribution in [0.25, 0.3) is 33.4 Å². The Morgan fingerprint density at radius 2 is 1.04 bits per heavy atom. The molecule has 0 amide bonds. The Labute approximate surface area is 272 Å². The van der Waals surface area contributed by atoms with Gasteiger partial charge in [-0.1, -0.05) is 67.8 Å². The SMILES string of the molecule is C=O.Cc1ccc(-c2ccc(CCCCCCCOc3ccc(-c4ccc(-c5cc(F)c(C)c(F)c5)c(F)c4)cc3)cc2F)cc1F. The molecule has 0 radical (unpaired) electrons. The number of benzene rings is 5. The maximum atomic E-state index is 14.9. The summed E-state index contributed by atoms with van der Waals surface area (Å²) in [5.41, 5.74) is 4.07. The van der Waals surface area contributed by atoms with E-state index in [1.54, 1.807) is 37.3 Å². The number of carbonyl (C=O) groups excluding carboxylic acids is 1. The molecule has 0 aliphatic rings. The van der Waals surface area contributed by atoms with Crippen LogP contribution in [0.15, 0.2) is 91.0 Å². The van der Waals surface area contributed by atoms with Crippen LogP contribution in [0.3, 0.4) is 0 Å². The fourth-order valence-corrected chi connectivity index (χ4v) is 5.33. The van der Waals surface area contributed by atoms with Gasteiger partial charge in [-0.15, -0.1) is 0 Å². The van der Waals surface area contributed by atoms with E-state index in [-0.39, 0.29) is 28.3 Å². The third-order valence-electron chi connectivity index (χ3n) is 8.14. The molecule has 0 aliphatic carbocycles. The number of aryl methyl sites for hydroxylation is 2. The van der Waals surface area contributed by atoms with Crippen molar-refractivity contribution in [2.24, 2.45) is 0 Å². The Hall–Kier alpha value is -4.78. The van der Waals surface area contributed by atoms with E-state index in [1.807, 2.05) is 37.1 Å². The highest BCUT2D eigenvalue weighted by Gasteiger charge is 2.13. The number of unbranched alkanes of at least 4 members (excludes halogenated alkanes) is 4. The number of halogens is 5. The van der Waals surface area contributed by atoms with Crippen molar-refractivity contribution >= 4 is 6.79 Å². The first kappa shape index (κ1) is 35.1. The van der Waals surface area contributed by atoms with Gasteiger partial charge >= 0.3 is 0 Å². The number of carbonyl (C=O) groups is 1. The van der Waals surface area contributed by atoms with Crippen molar-refractivity contribution in [2.75, 3.05) is 6.61 Å². The second-order valence-electron chi connectivity index (χ2n) is 11.4. The molecule has 0 saturated heterocycles. The van der Waals surface area contributed by atoms with Crippen molar-refractivity contribution in [1.82, 2.24) is 0 Å². The van der Waals surface area contributed by atoms with Crippen LogP contribution in [0.2, 0.25) is 0 Å². The second kappa shape index (κ2) is 16.7. The molecule has 5 aromatic carbocycles. The zero-order chi connectivity index (χ0) is 33.9. The van der Waals surface area contributed by atoms with E-state index >= 15 is 0 Å². The molecule has 5 aromatic rings. The molecule has 0 atom stereocenters. The molecule has 244 valence electrons. The minimum absolute atomic E-state index is 0.0920. The fraction of sp³-hybridized carbons (Fsp3) is 0.225. The van der Waals surface area contributed by atoms with Gasteiger partial charge in [-0.05, 0) is 109 Å². The van der Waals surface area contributed by atoms with Gasteiger partial charge in [0.25, 0.3) is 0 Å². The maximum Gasteiger partial charge on any atom is 0.131 e. The third kappa shape index (κ3) is 9.16. The Kier molecular flexibility index (Phi) is 12.5. The number of hydrogen-bond donors (Lipinski definition) is 0. The monoisotopic (exact) mass is 644 g/mol. The van der Waals surface area contributed by atoms with E-state index < -0.39 is 17.5 Å². The molecule has 0 N–H and O–H groups in total. The van der Waals surface area contributed by atoms with Crippen LogP contribution in [0.4, 0.5) is 22.0 Å². The lowest BCUT2D eigenvalue weighted by Gasteiger charge is -2.10. The van der Waals surface area contributed by atoms with Gasteiger partial charge < -0.3 is 9.53 Å². The van der Waals surface area contributed by atoms with Crippen LogP contribution in [0, 0.1) is 42.9 Å². The van der Waals surface area contributed by atoms with Gasteiger partial charge in [0.05, 0.1) is 6.61 Å². The fourth-order valence-electron chi connectivity index (χ4n) is 5.33. The molecule has 47 heavy (non-hydrogen) atoms. The van der Waals surface area contributed by atoms with Crippen molar-refractivity contribution in [1.29, 1.82) is 0 Å². The largest absolute Gasteiger partial charge is 0.494 e. The van der Waals surface area contributed by atoms with E-state index in [4.69, 9.17) is 9.53 Å². The highest BCUT2D eigenvalue weighted by atomic mass is 19.1. The first-order chi connectivity index (χ1) is 22.7. The predicted octanol–water partition coefficient (Wildman–Crippen LogP) is 11.4. The Balaban J connectivity index is 0.00000245. The summed E-state index contributed by atoms with van der Waals surface area (Å²) >= 11 is 0. The number of rotatable bonds is 12. The Bertz CT molecular complexity index is 1780. The lowest BCUT2D eigenvalue weighted by Crippen LogP contribution is -1.97. The molecule has 0 saturated carbocycles. The lowest BCUT2D eigenvalue weighted by molar-refractivity contribution is -0.0980. The van der Waals surface area contributed by atoms with Crippen LogP contribution in [-0.2, 0) is 11.2 Å². The van der Waals surface area contributed by atoms with Gasteiger partial charge in [0.2, 0.25) is 0 Å². The van der Waals surface area contributed by atoms with Gasteiger partial charge in [0.15, 0.2) is 0 Å². The van der Waals surface area contributed by atoms with Gasteiger partial charge in [0.1, 0.15) is 41.6 Å².